The van der Waals surface area contributed by atoms with Gasteiger partial charge in [-0.05, 0) is 37.8 Å². The summed E-state index contributed by atoms with van der Waals surface area (Å²) in [7, 11) is 0. The van der Waals surface area contributed by atoms with Gasteiger partial charge in [0.2, 0.25) is 5.79 Å². The molecule has 3 aliphatic rings. The molecule has 8 nitrogen and oxygen atoms in total. The van der Waals surface area contributed by atoms with Crippen molar-refractivity contribution in [2.75, 3.05) is 6.61 Å². The first-order valence-electron chi connectivity index (χ1n) is 8.72. The summed E-state index contributed by atoms with van der Waals surface area (Å²) in [6, 6.07) is 0. The average molecular weight is 368 g/mol. The van der Waals surface area contributed by atoms with Crippen LogP contribution in [0.3, 0.4) is 0 Å². The van der Waals surface area contributed by atoms with Gasteiger partial charge >= 0.3 is 11.9 Å². The molecule has 0 aromatic carbocycles. The Morgan fingerprint density at radius 3 is 2.46 bits per heavy atom. The second kappa shape index (κ2) is 6.44. The minimum atomic E-state index is -1.67. The Balaban J connectivity index is 2.08. The standard InChI is InChI=1S/C18H24O8/c1-9-5-6-15(24-10(2)19)18(26-9)16(25-11(3)20)12-7-14(21)17(4,22)13(12)8-23-18/h9,15-16,22H,5-8H2,1-4H3. The molecular weight excluding hydrogens is 344 g/mol. The zero-order valence-electron chi connectivity index (χ0n) is 15.4. The van der Waals surface area contributed by atoms with Crippen LogP contribution in [0.4, 0.5) is 0 Å². The molecule has 1 aliphatic carbocycles. The van der Waals surface area contributed by atoms with E-state index in [1.807, 2.05) is 6.92 Å². The quantitative estimate of drug-likeness (QED) is 0.563. The van der Waals surface area contributed by atoms with E-state index in [0.29, 0.717) is 24.0 Å². The van der Waals surface area contributed by atoms with Gasteiger partial charge in [-0.15, -0.1) is 0 Å². The smallest absolute Gasteiger partial charge is 0.303 e. The third kappa shape index (κ3) is 2.95. The zero-order chi connectivity index (χ0) is 19.3. The number of carbonyl (C=O) groups excluding carboxylic acids is 3. The molecule has 0 aromatic rings. The van der Waals surface area contributed by atoms with Crippen LogP contribution in [-0.2, 0) is 33.3 Å². The van der Waals surface area contributed by atoms with Crippen molar-refractivity contribution < 1.29 is 38.4 Å². The summed E-state index contributed by atoms with van der Waals surface area (Å²) in [5, 5.41) is 10.5. The largest absolute Gasteiger partial charge is 0.457 e. The number of ketones is 1. The molecule has 5 unspecified atom stereocenters. The van der Waals surface area contributed by atoms with Crippen LogP contribution in [0.1, 0.15) is 47.0 Å². The van der Waals surface area contributed by atoms with Crippen LogP contribution in [0.25, 0.3) is 0 Å². The van der Waals surface area contributed by atoms with Crippen molar-refractivity contribution in [3.05, 3.63) is 11.1 Å². The molecule has 0 aromatic heterocycles. The maximum Gasteiger partial charge on any atom is 0.303 e. The van der Waals surface area contributed by atoms with Gasteiger partial charge < -0.3 is 24.1 Å². The number of hydrogen-bond acceptors (Lipinski definition) is 8. The molecule has 0 saturated carbocycles. The predicted molar refractivity (Wildman–Crippen MR) is 86.8 cm³/mol. The van der Waals surface area contributed by atoms with Crippen LogP contribution >= 0.6 is 0 Å². The molecule has 0 radical (unpaired) electrons. The predicted octanol–water partition coefficient (Wildman–Crippen LogP) is 0.796. The highest BCUT2D eigenvalue weighted by Crippen LogP contribution is 2.48. The zero-order valence-corrected chi connectivity index (χ0v) is 15.4. The first kappa shape index (κ1) is 19.0. The van der Waals surface area contributed by atoms with Gasteiger partial charge in [-0.1, -0.05) is 0 Å². The van der Waals surface area contributed by atoms with Crippen LogP contribution in [0.2, 0.25) is 0 Å². The molecule has 1 spiro atoms. The van der Waals surface area contributed by atoms with Gasteiger partial charge in [0.1, 0.15) is 5.60 Å². The maximum atomic E-state index is 12.3. The lowest BCUT2D eigenvalue weighted by Crippen LogP contribution is -2.64. The van der Waals surface area contributed by atoms with Gasteiger partial charge in [-0.2, -0.15) is 0 Å². The van der Waals surface area contributed by atoms with Crippen LogP contribution in [0, 0.1) is 0 Å². The van der Waals surface area contributed by atoms with E-state index in [4.69, 9.17) is 18.9 Å². The molecular formula is C18H24O8. The van der Waals surface area contributed by atoms with E-state index in [2.05, 4.69) is 0 Å². The number of aliphatic hydroxyl groups is 1. The minimum absolute atomic E-state index is 0.0731. The Morgan fingerprint density at radius 1 is 1.19 bits per heavy atom. The van der Waals surface area contributed by atoms with E-state index in [1.165, 1.54) is 20.8 Å². The lowest BCUT2D eigenvalue weighted by molar-refractivity contribution is -0.351. The molecule has 0 amide bonds. The molecule has 144 valence electrons. The highest BCUT2D eigenvalue weighted by Gasteiger charge is 2.62. The van der Waals surface area contributed by atoms with E-state index >= 15 is 0 Å². The van der Waals surface area contributed by atoms with Crippen LogP contribution < -0.4 is 0 Å². The summed E-state index contributed by atoms with van der Waals surface area (Å²) in [4.78, 5) is 35.6. The fourth-order valence-electron chi connectivity index (χ4n) is 3.98. The Kier molecular flexibility index (Phi) is 4.71. The molecule has 1 saturated heterocycles. The van der Waals surface area contributed by atoms with Crippen LogP contribution in [-0.4, -0.2) is 59.1 Å². The Morgan fingerprint density at radius 2 is 1.85 bits per heavy atom. The summed E-state index contributed by atoms with van der Waals surface area (Å²) in [5.74, 6) is -3.02. The third-order valence-corrected chi connectivity index (χ3v) is 5.25. The summed E-state index contributed by atoms with van der Waals surface area (Å²) in [5.41, 5.74) is -0.831. The number of ether oxygens (including phenoxy) is 4. The maximum absolute atomic E-state index is 12.3. The van der Waals surface area contributed by atoms with E-state index < -0.39 is 41.3 Å². The van der Waals surface area contributed by atoms with Crippen molar-refractivity contribution in [2.45, 2.75) is 76.7 Å². The fraction of sp³-hybridized carbons (Fsp3) is 0.722. The van der Waals surface area contributed by atoms with E-state index in [0.717, 1.165) is 0 Å². The van der Waals surface area contributed by atoms with Gasteiger partial charge in [0.15, 0.2) is 18.0 Å². The average Bonchev–Trinajstić information content (AvgIpc) is 2.75. The van der Waals surface area contributed by atoms with Crippen molar-refractivity contribution in [2.24, 2.45) is 0 Å². The SMILES string of the molecule is CC(=O)OC1CCC(C)OC12OCC1=C(CC(=O)C1(C)O)C2OC(C)=O. The lowest BCUT2D eigenvalue weighted by atomic mass is 9.85. The molecule has 26 heavy (non-hydrogen) atoms. The first-order valence-corrected chi connectivity index (χ1v) is 8.72. The third-order valence-electron chi connectivity index (χ3n) is 5.25. The van der Waals surface area contributed by atoms with Crippen molar-refractivity contribution in [1.29, 1.82) is 0 Å². The fourth-order valence-corrected chi connectivity index (χ4v) is 3.98. The number of carbonyl (C=O) groups is 3. The summed E-state index contributed by atoms with van der Waals surface area (Å²) >= 11 is 0. The van der Waals surface area contributed by atoms with Crippen molar-refractivity contribution in [3.63, 3.8) is 0 Å². The molecule has 1 fully saturated rings. The van der Waals surface area contributed by atoms with Gasteiger partial charge in [0, 0.05) is 20.3 Å². The lowest BCUT2D eigenvalue weighted by Gasteiger charge is -2.50. The van der Waals surface area contributed by atoms with Crippen molar-refractivity contribution in [1.82, 2.24) is 0 Å². The molecule has 2 aliphatic heterocycles. The van der Waals surface area contributed by atoms with Gasteiger partial charge in [0.25, 0.3) is 0 Å². The second-order valence-electron chi connectivity index (χ2n) is 7.28. The summed E-state index contributed by atoms with van der Waals surface area (Å²) in [6.45, 7) is 5.70. The molecule has 0 bridgehead atoms. The summed E-state index contributed by atoms with van der Waals surface area (Å²) < 4.78 is 22.9. The monoisotopic (exact) mass is 368 g/mol. The van der Waals surface area contributed by atoms with Crippen LogP contribution in [0.5, 0.6) is 0 Å². The number of rotatable bonds is 2. The summed E-state index contributed by atoms with van der Waals surface area (Å²) in [6.07, 6.45) is -1.07. The highest BCUT2D eigenvalue weighted by atomic mass is 16.7. The van der Waals surface area contributed by atoms with Crippen molar-refractivity contribution >= 4 is 17.7 Å². The Bertz CT molecular complexity index is 679. The topological polar surface area (TPSA) is 108 Å². The molecule has 5 atom stereocenters. The number of hydrogen-bond donors (Lipinski definition) is 1. The minimum Gasteiger partial charge on any atom is -0.457 e. The molecule has 8 heteroatoms. The van der Waals surface area contributed by atoms with E-state index in [9.17, 15) is 19.5 Å². The van der Waals surface area contributed by atoms with E-state index in [1.54, 1.807) is 0 Å². The first-order chi connectivity index (χ1) is 12.1. The Labute approximate surface area is 151 Å². The molecule has 3 rings (SSSR count). The number of esters is 2. The second-order valence-corrected chi connectivity index (χ2v) is 7.28. The molecule has 1 N–H and O–H groups in total. The van der Waals surface area contributed by atoms with Gasteiger partial charge in [-0.3, -0.25) is 14.4 Å². The highest BCUT2D eigenvalue weighted by molar-refractivity contribution is 5.96. The van der Waals surface area contributed by atoms with Gasteiger partial charge in [-0.25, -0.2) is 0 Å². The normalized spacial score (nSPS) is 39.7. The Hall–Kier alpha value is -1.77. The van der Waals surface area contributed by atoms with Crippen LogP contribution in [0.15, 0.2) is 11.1 Å². The van der Waals surface area contributed by atoms with E-state index in [-0.39, 0.29) is 19.1 Å². The van der Waals surface area contributed by atoms with Crippen molar-refractivity contribution in [3.8, 4) is 0 Å². The van der Waals surface area contributed by atoms with Gasteiger partial charge in [0.05, 0.1) is 12.7 Å². The molecule has 2 heterocycles. The number of Topliss-reactive ketones (excluding diaryl/α,β-unsaturated/α-hetero) is 1.